The minimum atomic E-state index is -1.08. The maximum atomic E-state index is 14.2. The number of benzene rings is 2. The number of halogens is 4. The average molecular weight is 519 g/mol. The molecule has 35 heavy (non-hydrogen) atoms. The summed E-state index contributed by atoms with van der Waals surface area (Å²) in [6.07, 6.45) is 2.53. The maximum Gasteiger partial charge on any atom is 0.337 e. The molecule has 180 valence electrons. The van der Waals surface area contributed by atoms with Gasteiger partial charge in [-0.3, -0.25) is 9.48 Å². The Balaban J connectivity index is 1.65. The topological polar surface area (TPSA) is 79.0 Å². The van der Waals surface area contributed by atoms with Gasteiger partial charge in [0.2, 0.25) is 0 Å². The first kappa shape index (κ1) is 23.4. The van der Waals surface area contributed by atoms with Crippen LogP contribution >= 0.6 is 23.2 Å². The number of rotatable bonds is 6. The molecular formula is C24H18Cl2F2N4O3. The van der Waals surface area contributed by atoms with E-state index in [1.54, 1.807) is 29.8 Å². The molecule has 1 aliphatic heterocycles. The molecule has 0 N–H and O–H groups in total. The molecule has 0 radical (unpaired) electrons. The number of carbonyl (C=O) groups excluding carboxylic acids is 2. The normalized spacial score (nSPS) is 15.9. The van der Waals surface area contributed by atoms with Crippen LogP contribution in [0.4, 0.5) is 8.78 Å². The van der Waals surface area contributed by atoms with Crippen molar-refractivity contribution in [3.63, 3.8) is 0 Å². The molecule has 1 aliphatic rings. The van der Waals surface area contributed by atoms with E-state index in [0.29, 0.717) is 34.2 Å². The minimum absolute atomic E-state index is 0.0817. The van der Waals surface area contributed by atoms with E-state index in [1.165, 1.54) is 23.1 Å². The molecule has 0 spiro atoms. The molecule has 0 saturated carbocycles. The van der Waals surface area contributed by atoms with Crippen molar-refractivity contribution in [3.8, 4) is 11.1 Å². The van der Waals surface area contributed by atoms with Crippen molar-refractivity contribution in [2.24, 2.45) is 0 Å². The number of nitrogens with zero attached hydrogens (tertiary/aromatic N) is 4. The summed E-state index contributed by atoms with van der Waals surface area (Å²) in [4.78, 5) is 28.3. The van der Waals surface area contributed by atoms with Gasteiger partial charge >= 0.3 is 5.97 Å². The Morgan fingerprint density at radius 3 is 2.86 bits per heavy atom. The third kappa shape index (κ3) is 3.98. The molecule has 0 aliphatic carbocycles. The Morgan fingerprint density at radius 2 is 2.14 bits per heavy atom. The van der Waals surface area contributed by atoms with Crippen LogP contribution in [0.5, 0.6) is 0 Å². The van der Waals surface area contributed by atoms with Gasteiger partial charge in [-0.2, -0.15) is 5.10 Å². The highest BCUT2D eigenvalue weighted by Crippen LogP contribution is 2.39. The van der Waals surface area contributed by atoms with Gasteiger partial charge < -0.3 is 9.30 Å². The van der Waals surface area contributed by atoms with Crippen LogP contribution in [0.3, 0.4) is 0 Å². The van der Waals surface area contributed by atoms with Gasteiger partial charge in [0.1, 0.15) is 17.5 Å². The first-order valence-electron chi connectivity index (χ1n) is 10.8. The van der Waals surface area contributed by atoms with Crippen LogP contribution in [0, 0.1) is 5.82 Å². The number of hydrogen-bond acceptors (Lipinski definition) is 5. The summed E-state index contributed by atoms with van der Waals surface area (Å²) in [6, 6.07) is 4.57. The molecule has 5 rings (SSSR count). The van der Waals surface area contributed by atoms with Crippen LogP contribution in [0.15, 0.2) is 36.8 Å². The molecule has 0 saturated heterocycles. The Bertz CT molecular complexity index is 1480. The molecule has 0 bridgehead atoms. The SMILES string of the molecule is CCOC(=O)C(c1ncn2c1C[C@@H](F)C2)n1cc2c(Cl)cc(-c3ccc(C=O)c(F)c3)c(Cl)c2n1. The minimum Gasteiger partial charge on any atom is -0.464 e. The number of imidazole rings is 1. The van der Waals surface area contributed by atoms with E-state index < -0.39 is 24.0 Å². The number of carbonyl (C=O) groups is 2. The van der Waals surface area contributed by atoms with Crippen LogP contribution < -0.4 is 0 Å². The van der Waals surface area contributed by atoms with E-state index in [0.717, 1.165) is 0 Å². The quantitative estimate of drug-likeness (QED) is 0.258. The van der Waals surface area contributed by atoms with E-state index in [1.807, 2.05) is 0 Å². The van der Waals surface area contributed by atoms with Crippen LogP contribution in [0.2, 0.25) is 10.0 Å². The molecule has 7 nitrogen and oxygen atoms in total. The highest BCUT2D eigenvalue weighted by atomic mass is 35.5. The van der Waals surface area contributed by atoms with Crippen LogP contribution in [-0.2, 0) is 22.5 Å². The highest BCUT2D eigenvalue weighted by molar-refractivity contribution is 6.42. The fourth-order valence-corrected chi connectivity index (χ4v) is 4.89. The van der Waals surface area contributed by atoms with E-state index >= 15 is 0 Å². The van der Waals surface area contributed by atoms with Gasteiger partial charge in [-0.15, -0.1) is 0 Å². The second-order valence-electron chi connectivity index (χ2n) is 8.13. The van der Waals surface area contributed by atoms with Gasteiger partial charge in [-0.05, 0) is 30.7 Å². The second-order valence-corrected chi connectivity index (χ2v) is 8.92. The van der Waals surface area contributed by atoms with Crippen LogP contribution in [0.25, 0.3) is 22.0 Å². The van der Waals surface area contributed by atoms with Gasteiger partial charge in [0.05, 0.1) is 40.8 Å². The summed E-state index contributed by atoms with van der Waals surface area (Å²) in [5, 5.41) is 5.44. The number of hydrogen-bond donors (Lipinski definition) is 0. The molecule has 11 heteroatoms. The van der Waals surface area contributed by atoms with Crippen molar-refractivity contribution in [1.82, 2.24) is 19.3 Å². The third-order valence-corrected chi connectivity index (χ3v) is 6.66. The largest absolute Gasteiger partial charge is 0.464 e. The number of alkyl halides is 1. The fourth-order valence-electron chi connectivity index (χ4n) is 4.34. The lowest BCUT2D eigenvalue weighted by atomic mass is 10.0. The Labute approximate surface area is 208 Å². The summed E-state index contributed by atoms with van der Waals surface area (Å²) in [7, 11) is 0. The van der Waals surface area contributed by atoms with Gasteiger partial charge in [-0.1, -0.05) is 29.3 Å². The van der Waals surface area contributed by atoms with E-state index in [2.05, 4.69) is 10.1 Å². The molecule has 2 aromatic carbocycles. The Hall–Kier alpha value is -3.30. The molecule has 1 unspecified atom stereocenters. The van der Waals surface area contributed by atoms with Crippen molar-refractivity contribution in [3.05, 3.63) is 69.6 Å². The number of aromatic nitrogens is 4. The predicted molar refractivity (Wildman–Crippen MR) is 126 cm³/mol. The van der Waals surface area contributed by atoms with Crippen LogP contribution in [-0.4, -0.2) is 44.4 Å². The van der Waals surface area contributed by atoms with Gasteiger partial charge in [-0.25, -0.2) is 18.6 Å². The molecule has 0 amide bonds. The van der Waals surface area contributed by atoms with Gasteiger partial charge in [0.25, 0.3) is 0 Å². The third-order valence-electron chi connectivity index (χ3n) is 5.96. The summed E-state index contributed by atoms with van der Waals surface area (Å²) in [5.41, 5.74) is 1.94. The van der Waals surface area contributed by atoms with E-state index in [9.17, 15) is 18.4 Å². The summed E-state index contributed by atoms with van der Waals surface area (Å²) >= 11 is 13.2. The first-order valence-corrected chi connectivity index (χ1v) is 11.5. The number of fused-ring (bicyclic) bond motifs is 2. The molecule has 3 heterocycles. The van der Waals surface area contributed by atoms with Crippen molar-refractivity contribution in [2.75, 3.05) is 6.61 Å². The molecule has 4 aromatic rings. The smallest absolute Gasteiger partial charge is 0.337 e. The lowest BCUT2D eigenvalue weighted by molar-refractivity contribution is -0.146. The molecule has 2 aromatic heterocycles. The number of esters is 1. The Kier molecular flexibility index (Phi) is 6.06. The van der Waals surface area contributed by atoms with Crippen molar-refractivity contribution in [2.45, 2.75) is 32.1 Å². The first-order chi connectivity index (χ1) is 16.8. The van der Waals surface area contributed by atoms with Gasteiger partial charge in [0.15, 0.2) is 12.3 Å². The highest BCUT2D eigenvalue weighted by Gasteiger charge is 2.35. The van der Waals surface area contributed by atoms with Crippen molar-refractivity contribution < 1.29 is 23.1 Å². The standard InChI is InChI=1S/C24H18Cl2F2N4O3/c1-2-35-24(34)23(22-19-6-14(27)8-31(19)11-29-22)32-9-16-17(25)7-15(20(26)21(16)30-32)12-3-4-13(10-33)18(28)5-12/h3-5,7,9-11,14,23H,2,6,8H2,1H3/t14-,23?/m1/s1. The monoisotopic (exact) mass is 518 g/mol. The van der Waals surface area contributed by atoms with Crippen molar-refractivity contribution >= 4 is 46.4 Å². The van der Waals surface area contributed by atoms with E-state index in [4.69, 9.17) is 27.9 Å². The Morgan fingerprint density at radius 1 is 1.34 bits per heavy atom. The number of ether oxygens (including phenoxy) is 1. The summed E-state index contributed by atoms with van der Waals surface area (Å²) in [5.74, 6) is -1.30. The lowest BCUT2D eigenvalue weighted by Crippen LogP contribution is -2.25. The predicted octanol–water partition coefficient (Wildman–Crippen LogP) is 5.20. The van der Waals surface area contributed by atoms with E-state index in [-0.39, 0.29) is 40.7 Å². The molecular weight excluding hydrogens is 501 g/mol. The van der Waals surface area contributed by atoms with Crippen LogP contribution in [0.1, 0.15) is 34.7 Å². The zero-order valence-corrected chi connectivity index (χ0v) is 19.9. The zero-order chi connectivity index (χ0) is 24.9. The molecule has 0 fully saturated rings. The maximum absolute atomic E-state index is 14.2. The zero-order valence-electron chi connectivity index (χ0n) is 18.3. The lowest BCUT2D eigenvalue weighted by Gasteiger charge is -2.15. The molecule has 2 atom stereocenters. The summed E-state index contributed by atoms with van der Waals surface area (Å²) in [6.45, 7) is 1.98. The average Bonchev–Trinajstić information content (AvgIpc) is 3.52. The summed E-state index contributed by atoms with van der Waals surface area (Å²) < 4.78 is 36.6. The van der Waals surface area contributed by atoms with Crippen molar-refractivity contribution in [1.29, 1.82) is 0 Å². The second kappa shape index (κ2) is 9.05. The van der Waals surface area contributed by atoms with Gasteiger partial charge in [0, 0.05) is 29.3 Å². The fraction of sp³-hybridized carbons (Fsp3) is 0.250. The number of aldehydes is 1.